The number of rotatable bonds is 3. The van der Waals surface area contributed by atoms with Crippen molar-refractivity contribution < 1.29 is 19.4 Å². The molecule has 0 aliphatic heterocycles. The highest BCUT2D eigenvalue weighted by Crippen LogP contribution is 2.65. The molecule has 1 N–H and O–H groups in total. The monoisotopic (exact) mass is 374 g/mol. The van der Waals surface area contributed by atoms with Gasteiger partial charge in [-0.3, -0.25) is 9.59 Å². The summed E-state index contributed by atoms with van der Waals surface area (Å²) >= 11 is 0. The molecule has 0 unspecified atom stereocenters. The molecular weight excluding hydrogens is 340 g/mol. The van der Waals surface area contributed by atoms with E-state index in [9.17, 15) is 14.7 Å². The lowest BCUT2D eigenvalue weighted by molar-refractivity contribution is -0.174. The maximum atomic E-state index is 11.9. The standard InChI is InChI=1S/C23H34O4/c1-4-10-23(26)13-20-19-7-5-15-12-16(25)6-8-17(15)18(19)9-11-22(20,3)21(23)27-14(2)24/h12,17-21,26H,4-11,13H2,1-3H3/t17-,18+,19+,20-,21+,22-,23-/m0/s1. The van der Waals surface area contributed by atoms with Crippen LogP contribution in [0, 0.1) is 29.1 Å². The molecular formula is C23H34O4. The van der Waals surface area contributed by atoms with Gasteiger partial charge in [0.15, 0.2) is 5.78 Å². The lowest BCUT2D eigenvalue weighted by atomic mass is 9.52. The number of allylic oxidation sites excluding steroid dienone is 1. The van der Waals surface area contributed by atoms with Crippen LogP contribution < -0.4 is 0 Å². The molecule has 4 aliphatic carbocycles. The molecule has 0 amide bonds. The first-order chi connectivity index (χ1) is 12.8. The lowest BCUT2D eigenvalue weighted by Crippen LogP contribution is -2.51. The molecule has 27 heavy (non-hydrogen) atoms. The van der Waals surface area contributed by atoms with Crippen molar-refractivity contribution in [1.29, 1.82) is 0 Å². The fraction of sp³-hybridized carbons (Fsp3) is 0.826. The van der Waals surface area contributed by atoms with E-state index in [0.29, 0.717) is 42.3 Å². The number of hydrogen-bond acceptors (Lipinski definition) is 4. The van der Waals surface area contributed by atoms with Crippen molar-refractivity contribution in [3.05, 3.63) is 11.6 Å². The number of carbonyl (C=O) groups is 2. The molecule has 4 aliphatic rings. The van der Waals surface area contributed by atoms with E-state index in [1.807, 2.05) is 6.08 Å². The van der Waals surface area contributed by atoms with Gasteiger partial charge in [-0.2, -0.15) is 0 Å². The third kappa shape index (κ3) is 2.99. The molecule has 150 valence electrons. The molecule has 0 radical (unpaired) electrons. The van der Waals surface area contributed by atoms with Crippen molar-refractivity contribution in [2.45, 2.75) is 90.3 Å². The van der Waals surface area contributed by atoms with Gasteiger partial charge in [-0.05, 0) is 74.7 Å². The van der Waals surface area contributed by atoms with Crippen LogP contribution in [0.5, 0.6) is 0 Å². The molecule has 0 saturated heterocycles. The summed E-state index contributed by atoms with van der Waals surface area (Å²) in [5.41, 5.74) is 0.352. The van der Waals surface area contributed by atoms with Crippen molar-refractivity contribution in [2.75, 3.05) is 0 Å². The lowest BCUT2D eigenvalue weighted by Gasteiger charge is -2.53. The van der Waals surface area contributed by atoms with Gasteiger partial charge in [0.25, 0.3) is 0 Å². The summed E-state index contributed by atoms with van der Waals surface area (Å²) < 4.78 is 5.81. The SMILES string of the molecule is CCC[C@]1(O)C[C@H]2[C@@H]3CCC4=CC(=O)CC[C@@H]4[C@H]3CC[C@]2(C)[C@H]1OC(C)=O. The molecule has 4 nitrogen and oxygen atoms in total. The van der Waals surface area contributed by atoms with Gasteiger partial charge in [0.05, 0.1) is 0 Å². The first-order valence-corrected chi connectivity index (χ1v) is 10.9. The summed E-state index contributed by atoms with van der Waals surface area (Å²) in [6.07, 6.45) is 9.82. The topological polar surface area (TPSA) is 63.6 Å². The van der Waals surface area contributed by atoms with Crippen LogP contribution >= 0.6 is 0 Å². The average molecular weight is 375 g/mol. The highest BCUT2D eigenvalue weighted by Gasteiger charge is 2.65. The molecule has 7 atom stereocenters. The summed E-state index contributed by atoms with van der Waals surface area (Å²) in [4.78, 5) is 23.7. The molecule has 0 spiro atoms. The quantitative estimate of drug-likeness (QED) is 0.752. The Labute approximate surface area is 162 Å². The normalized spacial score (nSPS) is 46.1. The Kier molecular flexibility index (Phi) is 4.77. The summed E-state index contributed by atoms with van der Waals surface area (Å²) in [7, 11) is 0. The maximum Gasteiger partial charge on any atom is 0.303 e. The average Bonchev–Trinajstić information content (AvgIpc) is 2.82. The minimum absolute atomic E-state index is 0.136. The van der Waals surface area contributed by atoms with Crippen LogP contribution in [0.25, 0.3) is 0 Å². The number of aliphatic hydroxyl groups is 1. The first kappa shape index (κ1) is 19.2. The van der Waals surface area contributed by atoms with E-state index in [2.05, 4.69) is 13.8 Å². The number of hydrogen-bond donors (Lipinski definition) is 1. The highest BCUT2D eigenvalue weighted by molar-refractivity contribution is 5.91. The van der Waals surface area contributed by atoms with E-state index in [4.69, 9.17) is 4.74 Å². The number of ether oxygens (including phenoxy) is 1. The smallest absolute Gasteiger partial charge is 0.303 e. The third-order valence-corrected chi connectivity index (χ3v) is 8.36. The highest BCUT2D eigenvalue weighted by atomic mass is 16.6. The molecule has 0 bridgehead atoms. The molecule has 3 fully saturated rings. The second-order valence-electron chi connectivity index (χ2n) is 9.90. The van der Waals surface area contributed by atoms with Crippen molar-refractivity contribution in [1.82, 2.24) is 0 Å². The molecule has 0 aromatic heterocycles. The van der Waals surface area contributed by atoms with Gasteiger partial charge in [-0.25, -0.2) is 0 Å². The van der Waals surface area contributed by atoms with Gasteiger partial charge in [-0.15, -0.1) is 0 Å². The van der Waals surface area contributed by atoms with Crippen LogP contribution in [-0.4, -0.2) is 28.6 Å². The Morgan fingerprint density at radius 1 is 1.26 bits per heavy atom. The largest absolute Gasteiger partial charge is 0.459 e. The summed E-state index contributed by atoms with van der Waals surface area (Å²) in [6, 6.07) is 0. The Bertz CT molecular complexity index is 667. The van der Waals surface area contributed by atoms with Gasteiger partial charge < -0.3 is 9.84 Å². The van der Waals surface area contributed by atoms with Crippen molar-refractivity contribution >= 4 is 11.8 Å². The molecule has 0 heterocycles. The molecule has 3 saturated carbocycles. The summed E-state index contributed by atoms with van der Waals surface area (Å²) in [5, 5.41) is 11.5. The van der Waals surface area contributed by atoms with E-state index < -0.39 is 11.7 Å². The van der Waals surface area contributed by atoms with Crippen LogP contribution in [0.2, 0.25) is 0 Å². The van der Waals surface area contributed by atoms with Crippen molar-refractivity contribution in [2.24, 2.45) is 29.1 Å². The van der Waals surface area contributed by atoms with E-state index in [0.717, 1.165) is 44.9 Å². The molecule has 4 rings (SSSR count). The van der Waals surface area contributed by atoms with Crippen molar-refractivity contribution in [3.63, 3.8) is 0 Å². The van der Waals surface area contributed by atoms with Gasteiger partial charge >= 0.3 is 5.97 Å². The second kappa shape index (κ2) is 6.72. The third-order valence-electron chi connectivity index (χ3n) is 8.36. The van der Waals surface area contributed by atoms with Crippen molar-refractivity contribution in [3.8, 4) is 0 Å². The zero-order valence-electron chi connectivity index (χ0n) is 17.0. The van der Waals surface area contributed by atoms with E-state index in [1.54, 1.807) is 0 Å². The Morgan fingerprint density at radius 3 is 2.74 bits per heavy atom. The number of ketones is 1. The Balaban J connectivity index is 1.65. The van der Waals surface area contributed by atoms with Crippen LogP contribution in [0.15, 0.2) is 11.6 Å². The fourth-order valence-electron chi connectivity index (χ4n) is 7.42. The van der Waals surface area contributed by atoms with Crippen LogP contribution in [0.3, 0.4) is 0 Å². The number of carbonyl (C=O) groups excluding carboxylic acids is 2. The molecule has 0 aromatic carbocycles. The first-order valence-electron chi connectivity index (χ1n) is 10.9. The van der Waals surface area contributed by atoms with Crippen LogP contribution in [0.4, 0.5) is 0 Å². The second-order valence-corrected chi connectivity index (χ2v) is 9.90. The predicted molar refractivity (Wildman–Crippen MR) is 103 cm³/mol. The molecule has 0 aromatic rings. The van der Waals surface area contributed by atoms with E-state index in [-0.39, 0.29) is 11.4 Å². The Morgan fingerprint density at radius 2 is 2.04 bits per heavy atom. The van der Waals surface area contributed by atoms with Gasteiger partial charge in [-0.1, -0.05) is 25.8 Å². The predicted octanol–water partition coefficient (Wildman–Crippen LogP) is 4.20. The van der Waals surface area contributed by atoms with Gasteiger partial charge in [0, 0.05) is 18.8 Å². The zero-order valence-corrected chi connectivity index (χ0v) is 17.0. The molecule has 4 heteroatoms. The number of fused-ring (bicyclic) bond motifs is 5. The van der Waals surface area contributed by atoms with Gasteiger partial charge in [0.2, 0.25) is 0 Å². The summed E-state index contributed by atoms with van der Waals surface area (Å²) in [5.74, 6) is 2.17. The van der Waals surface area contributed by atoms with Crippen LogP contribution in [-0.2, 0) is 14.3 Å². The van der Waals surface area contributed by atoms with E-state index >= 15 is 0 Å². The van der Waals surface area contributed by atoms with E-state index in [1.165, 1.54) is 12.5 Å². The maximum absolute atomic E-state index is 11.9. The van der Waals surface area contributed by atoms with Gasteiger partial charge in [0.1, 0.15) is 11.7 Å². The minimum Gasteiger partial charge on any atom is -0.459 e. The zero-order chi connectivity index (χ0) is 19.4. The number of esters is 1. The fourth-order valence-corrected chi connectivity index (χ4v) is 7.42. The Hall–Kier alpha value is -1.16. The minimum atomic E-state index is -0.895. The summed E-state index contributed by atoms with van der Waals surface area (Å²) in [6.45, 7) is 5.81. The van der Waals surface area contributed by atoms with Crippen LogP contribution in [0.1, 0.15) is 78.6 Å².